The van der Waals surface area contributed by atoms with Gasteiger partial charge in [-0.3, -0.25) is 4.79 Å². The summed E-state index contributed by atoms with van der Waals surface area (Å²) < 4.78 is 11.3. The van der Waals surface area contributed by atoms with Crippen LogP contribution in [-0.4, -0.2) is 87.5 Å². The molecule has 0 aromatic heterocycles. The molecule has 1 amide bonds. The number of hydrogen-bond acceptors (Lipinski definition) is 8. The second kappa shape index (κ2) is 59.7. The third-order valence-corrected chi connectivity index (χ3v) is 15.0. The van der Waals surface area contributed by atoms with Crippen molar-refractivity contribution < 1.29 is 39.8 Å². The molecule has 1 aliphatic rings. The lowest BCUT2D eigenvalue weighted by Crippen LogP contribution is -2.60. The Morgan fingerprint density at radius 1 is 0.432 bits per heavy atom. The maximum atomic E-state index is 13.1. The zero-order chi connectivity index (χ0) is 58.6. The summed E-state index contributed by atoms with van der Waals surface area (Å²) in [6.45, 7) is 3.67. The number of nitrogens with one attached hydrogen (secondary N) is 1. The Morgan fingerprint density at radius 2 is 0.765 bits per heavy atom. The summed E-state index contributed by atoms with van der Waals surface area (Å²) in [5.41, 5.74) is 0. The topological polar surface area (TPSA) is 149 Å². The van der Waals surface area contributed by atoms with E-state index in [2.05, 4.69) is 129 Å². The molecule has 0 aromatic rings. The summed E-state index contributed by atoms with van der Waals surface area (Å²) in [5.74, 6) is -0.181. The minimum atomic E-state index is -1.57. The third-order valence-electron chi connectivity index (χ3n) is 15.0. The van der Waals surface area contributed by atoms with Gasteiger partial charge in [-0.05, 0) is 89.9 Å². The first kappa shape index (κ1) is 75.6. The van der Waals surface area contributed by atoms with E-state index in [4.69, 9.17) is 9.47 Å². The van der Waals surface area contributed by atoms with Crippen LogP contribution in [0.5, 0.6) is 0 Å². The van der Waals surface area contributed by atoms with Gasteiger partial charge in [0.25, 0.3) is 0 Å². The second-order valence-electron chi connectivity index (χ2n) is 22.5. The zero-order valence-electron chi connectivity index (χ0n) is 51.7. The van der Waals surface area contributed by atoms with E-state index >= 15 is 0 Å². The molecule has 1 heterocycles. The number of unbranched alkanes of at least 4 members (excludes halogenated alkanes) is 28. The minimum Gasteiger partial charge on any atom is -0.394 e. The highest BCUT2D eigenvalue weighted by molar-refractivity contribution is 5.76. The van der Waals surface area contributed by atoms with Gasteiger partial charge < -0.3 is 40.3 Å². The number of carbonyl (C=O) groups is 1. The number of ether oxygens (including phenoxy) is 2. The molecule has 0 bridgehead atoms. The molecule has 9 nitrogen and oxygen atoms in total. The highest BCUT2D eigenvalue weighted by Crippen LogP contribution is 2.23. The van der Waals surface area contributed by atoms with Crippen LogP contribution < -0.4 is 5.32 Å². The molecule has 7 unspecified atom stereocenters. The van der Waals surface area contributed by atoms with Crippen LogP contribution in [0.1, 0.15) is 271 Å². The lowest BCUT2D eigenvalue weighted by atomic mass is 9.99. The van der Waals surface area contributed by atoms with Crippen molar-refractivity contribution in [1.82, 2.24) is 5.32 Å². The van der Waals surface area contributed by atoms with Gasteiger partial charge in [-0.15, -0.1) is 0 Å². The summed E-state index contributed by atoms with van der Waals surface area (Å²) in [5, 5.41) is 54.6. The van der Waals surface area contributed by atoms with Gasteiger partial charge in [0.15, 0.2) is 6.29 Å². The van der Waals surface area contributed by atoms with Crippen LogP contribution in [0.2, 0.25) is 0 Å². The third kappa shape index (κ3) is 48.6. The van der Waals surface area contributed by atoms with Crippen LogP contribution in [-0.2, 0) is 14.3 Å². The van der Waals surface area contributed by atoms with Crippen LogP contribution in [0.3, 0.4) is 0 Å². The Hall–Kier alpha value is -3.41. The number of aliphatic hydroxyl groups is 5. The summed E-state index contributed by atoms with van der Waals surface area (Å²) in [7, 11) is 0. The van der Waals surface area contributed by atoms with E-state index in [9.17, 15) is 30.3 Å². The van der Waals surface area contributed by atoms with Crippen molar-refractivity contribution in [2.45, 2.75) is 314 Å². The fourth-order valence-corrected chi connectivity index (χ4v) is 9.86. The Morgan fingerprint density at radius 3 is 1.14 bits per heavy atom. The van der Waals surface area contributed by atoms with Gasteiger partial charge in [0.05, 0.1) is 25.4 Å². The molecule has 464 valence electrons. The van der Waals surface area contributed by atoms with Crippen molar-refractivity contribution in [3.05, 3.63) is 122 Å². The molecule has 0 spiro atoms. The Bertz CT molecular complexity index is 1690. The largest absolute Gasteiger partial charge is 0.394 e. The first-order valence-corrected chi connectivity index (χ1v) is 33.3. The van der Waals surface area contributed by atoms with Crippen molar-refractivity contribution in [1.29, 1.82) is 0 Å². The zero-order valence-corrected chi connectivity index (χ0v) is 51.7. The molecular weight excluding hydrogens is 1010 g/mol. The van der Waals surface area contributed by atoms with Gasteiger partial charge in [0, 0.05) is 6.42 Å². The average molecular weight is 1130 g/mol. The van der Waals surface area contributed by atoms with Crippen molar-refractivity contribution in [2.24, 2.45) is 0 Å². The van der Waals surface area contributed by atoms with Crippen LogP contribution in [0.25, 0.3) is 0 Å². The maximum Gasteiger partial charge on any atom is 0.220 e. The number of carbonyl (C=O) groups excluding carboxylic acids is 1. The maximum absolute atomic E-state index is 13.1. The summed E-state index contributed by atoms with van der Waals surface area (Å²) in [6.07, 6.45) is 82.8. The molecule has 81 heavy (non-hydrogen) atoms. The van der Waals surface area contributed by atoms with E-state index in [1.165, 1.54) is 154 Å². The standard InChI is InChI=1S/C72H123NO8/c1-3-5-7-9-11-13-15-17-19-21-22-23-24-25-26-27-28-29-30-31-32-33-34-35-36-37-38-39-40-41-42-43-44-46-48-50-52-54-56-58-60-62-68(76)73-65(64-80-72-71(79)70(78)69(77)67(63-74)81-72)66(75)61-59-57-55-53-51-49-47-45-20-18-16-14-12-10-8-6-4-2/h5,7,11,13,17,19,22-23,25-26,28-29,31-32,34-35,37-38,59,61,65-67,69-72,74-75,77-79H,3-4,6,8-10,12,14-16,18,20-21,24,27,30,33,36,39-58,60,62-64H2,1-2H3,(H,73,76)/b7-5-,13-11-,19-17-,23-22-,26-25-,29-28-,32-31-,35-34-,38-37-,61-59+. The van der Waals surface area contributed by atoms with Crippen LogP contribution in [0.4, 0.5) is 0 Å². The molecule has 9 heteroatoms. The summed E-state index contributed by atoms with van der Waals surface area (Å²) in [6, 6.07) is -0.812. The second-order valence-corrected chi connectivity index (χ2v) is 22.5. The normalized spacial score (nSPS) is 19.2. The average Bonchev–Trinajstić information content (AvgIpc) is 3.49. The van der Waals surface area contributed by atoms with Gasteiger partial charge in [-0.2, -0.15) is 0 Å². The van der Waals surface area contributed by atoms with E-state index in [0.29, 0.717) is 6.42 Å². The molecule has 6 N–H and O–H groups in total. The predicted molar refractivity (Wildman–Crippen MR) is 345 cm³/mol. The predicted octanol–water partition coefficient (Wildman–Crippen LogP) is 17.9. The summed E-state index contributed by atoms with van der Waals surface area (Å²) >= 11 is 0. The molecule has 1 aliphatic heterocycles. The molecule has 0 aliphatic carbocycles. The molecule has 1 fully saturated rings. The summed E-state index contributed by atoms with van der Waals surface area (Å²) in [4.78, 5) is 13.1. The number of aliphatic hydroxyl groups excluding tert-OH is 5. The number of amides is 1. The molecule has 7 atom stereocenters. The van der Waals surface area contributed by atoms with Crippen LogP contribution in [0, 0.1) is 0 Å². The van der Waals surface area contributed by atoms with E-state index in [0.717, 1.165) is 96.3 Å². The minimum absolute atomic E-state index is 0.181. The first-order chi connectivity index (χ1) is 39.8. The van der Waals surface area contributed by atoms with Gasteiger partial charge in [0.2, 0.25) is 5.91 Å². The number of hydrogen-bond donors (Lipinski definition) is 6. The van der Waals surface area contributed by atoms with E-state index in [1.54, 1.807) is 6.08 Å². The van der Waals surface area contributed by atoms with Crippen molar-refractivity contribution >= 4 is 5.91 Å². The van der Waals surface area contributed by atoms with E-state index in [-0.39, 0.29) is 12.5 Å². The molecule has 0 aromatic carbocycles. The number of rotatable bonds is 56. The van der Waals surface area contributed by atoms with Crippen molar-refractivity contribution in [2.75, 3.05) is 13.2 Å². The van der Waals surface area contributed by atoms with Crippen molar-refractivity contribution in [3.63, 3.8) is 0 Å². The van der Waals surface area contributed by atoms with Gasteiger partial charge in [-0.1, -0.05) is 296 Å². The Kier molecular flexibility index (Phi) is 55.8. The molecule has 1 rings (SSSR count). The highest BCUT2D eigenvalue weighted by Gasteiger charge is 2.44. The molecular formula is C72H123NO8. The number of allylic oxidation sites excluding steroid dienone is 19. The molecule has 1 saturated heterocycles. The van der Waals surface area contributed by atoms with E-state index < -0.39 is 49.5 Å². The first-order valence-electron chi connectivity index (χ1n) is 33.3. The molecule has 0 saturated carbocycles. The monoisotopic (exact) mass is 1130 g/mol. The van der Waals surface area contributed by atoms with Crippen LogP contribution in [0.15, 0.2) is 122 Å². The highest BCUT2D eigenvalue weighted by atomic mass is 16.7. The Labute approximate surface area is 497 Å². The Balaban J connectivity index is 2.12. The SMILES string of the molecule is CC/C=C\C/C=C\C/C=C\C/C=C\C/C=C\C/C=C\C/C=C\C/C=C\C/C=C\CCCCCCCCCCCCCCCC(=O)NC(COC1OC(CO)C(O)C(O)C1O)C(O)/C=C/CCCCCCCCCCCCCCCCC. The lowest BCUT2D eigenvalue weighted by molar-refractivity contribution is -0.302. The van der Waals surface area contributed by atoms with E-state index in [1.807, 2.05) is 6.08 Å². The lowest BCUT2D eigenvalue weighted by Gasteiger charge is -2.40. The van der Waals surface area contributed by atoms with Gasteiger partial charge >= 0.3 is 0 Å². The fraction of sp³-hybridized carbons (Fsp3) is 0.708. The molecule has 0 radical (unpaired) electrons. The van der Waals surface area contributed by atoms with Crippen molar-refractivity contribution in [3.8, 4) is 0 Å². The fourth-order valence-electron chi connectivity index (χ4n) is 9.86. The van der Waals surface area contributed by atoms with Gasteiger partial charge in [0.1, 0.15) is 24.4 Å². The van der Waals surface area contributed by atoms with Crippen LogP contribution >= 0.6 is 0 Å². The van der Waals surface area contributed by atoms with Gasteiger partial charge in [-0.25, -0.2) is 0 Å². The quantitative estimate of drug-likeness (QED) is 0.0261. The smallest absolute Gasteiger partial charge is 0.220 e.